The number of rotatable bonds is 4. The molecule has 0 saturated carbocycles. The maximum Gasteiger partial charge on any atom is 0.326 e. The quantitative estimate of drug-likeness (QED) is 0.870. The Balaban J connectivity index is 2.86. The predicted octanol–water partition coefficient (Wildman–Crippen LogP) is 2.07. The SMILES string of the molecule is CCC(NC(=O)c1ccc(F)cc1Cl)C(=O)O. The summed E-state index contributed by atoms with van der Waals surface area (Å²) in [5.41, 5.74) is 0.0489. The lowest BCUT2D eigenvalue weighted by atomic mass is 10.1. The fourth-order valence-electron chi connectivity index (χ4n) is 1.25. The molecule has 1 amide bonds. The van der Waals surface area contributed by atoms with Crippen molar-refractivity contribution < 1.29 is 19.1 Å². The van der Waals surface area contributed by atoms with Crippen LogP contribution in [0.25, 0.3) is 0 Å². The van der Waals surface area contributed by atoms with E-state index in [-0.39, 0.29) is 17.0 Å². The first kappa shape index (κ1) is 13.4. The second-order valence-electron chi connectivity index (χ2n) is 3.40. The second-order valence-corrected chi connectivity index (χ2v) is 3.80. The number of hydrogen-bond donors (Lipinski definition) is 2. The minimum atomic E-state index is -1.13. The van der Waals surface area contributed by atoms with Crippen LogP contribution in [-0.2, 0) is 4.79 Å². The van der Waals surface area contributed by atoms with Gasteiger partial charge in [0.25, 0.3) is 5.91 Å². The van der Waals surface area contributed by atoms with Gasteiger partial charge in [-0.3, -0.25) is 4.79 Å². The van der Waals surface area contributed by atoms with E-state index in [2.05, 4.69) is 5.32 Å². The fraction of sp³-hybridized carbons (Fsp3) is 0.273. The van der Waals surface area contributed by atoms with E-state index >= 15 is 0 Å². The summed E-state index contributed by atoms with van der Waals surface area (Å²) in [6.45, 7) is 1.63. The normalized spacial score (nSPS) is 11.9. The molecule has 0 aliphatic carbocycles. The molecule has 6 heteroatoms. The lowest BCUT2D eigenvalue weighted by Gasteiger charge is -2.12. The molecule has 1 aromatic carbocycles. The van der Waals surface area contributed by atoms with E-state index in [1.807, 2.05) is 0 Å². The van der Waals surface area contributed by atoms with Crippen molar-refractivity contribution in [2.75, 3.05) is 0 Å². The summed E-state index contributed by atoms with van der Waals surface area (Å²) in [6, 6.07) is 2.31. The van der Waals surface area contributed by atoms with Gasteiger partial charge in [-0.05, 0) is 24.6 Å². The number of nitrogens with one attached hydrogen (secondary N) is 1. The number of carbonyl (C=O) groups excluding carboxylic acids is 1. The van der Waals surface area contributed by atoms with Gasteiger partial charge in [-0.25, -0.2) is 9.18 Å². The van der Waals surface area contributed by atoms with Crippen LogP contribution < -0.4 is 5.32 Å². The van der Waals surface area contributed by atoms with Gasteiger partial charge >= 0.3 is 5.97 Å². The number of carbonyl (C=O) groups is 2. The number of carboxylic acids is 1. The van der Waals surface area contributed by atoms with Crippen molar-refractivity contribution in [3.05, 3.63) is 34.6 Å². The molecule has 0 heterocycles. The third kappa shape index (κ3) is 3.42. The molecule has 0 aromatic heterocycles. The first-order chi connectivity index (χ1) is 7.95. The first-order valence-electron chi connectivity index (χ1n) is 4.94. The molecule has 1 rings (SSSR count). The van der Waals surface area contributed by atoms with Crippen LogP contribution in [0.4, 0.5) is 4.39 Å². The number of halogens is 2. The molecule has 1 aromatic rings. The third-order valence-electron chi connectivity index (χ3n) is 2.19. The van der Waals surface area contributed by atoms with Crippen LogP contribution in [0.2, 0.25) is 5.02 Å². The summed E-state index contributed by atoms with van der Waals surface area (Å²) in [5.74, 6) is -2.32. The van der Waals surface area contributed by atoms with Crippen LogP contribution in [0.1, 0.15) is 23.7 Å². The van der Waals surface area contributed by atoms with E-state index < -0.39 is 23.7 Å². The Kier molecular flexibility index (Phi) is 4.45. The molecule has 92 valence electrons. The standard InChI is InChI=1S/C11H11ClFNO3/c1-2-9(11(16)17)14-10(15)7-4-3-6(13)5-8(7)12/h3-5,9H,2H2,1H3,(H,14,15)(H,16,17). The zero-order valence-electron chi connectivity index (χ0n) is 9.04. The smallest absolute Gasteiger partial charge is 0.326 e. The molecule has 0 radical (unpaired) electrons. The molecule has 0 saturated heterocycles. The van der Waals surface area contributed by atoms with Crippen molar-refractivity contribution in [3.63, 3.8) is 0 Å². The van der Waals surface area contributed by atoms with Crippen molar-refractivity contribution in [1.29, 1.82) is 0 Å². The van der Waals surface area contributed by atoms with Gasteiger partial charge in [0.1, 0.15) is 11.9 Å². The van der Waals surface area contributed by atoms with Crippen LogP contribution >= 0.6 is 11.6 Å². The Bertz CT molecular complexity index is 450. The molecule has 0 aliphatic rings. The van der Waals surface area contributed by atoms with Gasteiger partial charge in [-0.2, -0.15) is 0 Å². The lowest BCUT2D eigenvalue weighted by Crippen LogP contribution is -2.40. The number of aliphatic carboxylic acids is 1. The van der Waals surface area contributed by atoms with Crippen molar-refractivity contribution in [2.24, 2.45) is 0 Å². The molecule has 17 heavy (non-hydrogen) atoms. The fourth-order valence-corrected chi connectivity index (χ4v) is 1.50. The number of hydrogen-bond acceptors (Lipinski definition) is 2. The molecular formula is C11H11ClFNO3. The molecule has 1 atom stereocenters. The van der Waals surface area contributed by atoms with Crippen LogP contribution in [0.15, 0.2) is 18.2 Å². The topological polar surface area (TPSA) is 66.4 Å². The Hall–Kier alpha value is -1.62. The third-order valence-corrected chi connectivity index (χ3v) is 2.50. The minimum absolute atomic E-state index is 0.0489. The van der Waals surface area contributed by atoms with Crippen molar-refractivity contribution >= 4 is 23.5 Å². The number of benzene rings is 1. The average molecular weight is 260 g/mol. The van der Waals surface area contributed by atoms with E-state index in [4.69, 9.17) is 16.7 Å². The van der Waals surface area contributed by atoms with E-state index in [1.54, 1.807) is 6.92 Å². The van der Waals surface area contributed by atoms with Crippen molar-refractivity contribution in [3.8, 4) is 0 Å². The monoisotopic (exact) mass is 259 g/mol. The highest BCUT2D eigenvalue weighted by atomic mass is 35.5. The summed E-state index contributed by atoms with van der Waals surface area (Å²) in [5, 5.41) is 11.0. The van der Waals surface area contributed by atoms with Crippen LogP contribution in [-0.4, -0.2) is 23.0 Å². The lowest BCUT2D eigenvalue weighted by molar-refractivity contribution is -0.139. The zero-order chi connectivity index (χ0) is 13.0. The summed E-state index contributed by atoms with van der Waals surface area (Å²) in [6.07, 6.45) is 0.250. The predicted molar refractivity (Wildman–Crippen MR) is 60.6 cm³/mol. The maximum absolute atomic E-state index is 12.8. The number of carboxylic acid groups (broad SMARTS) is 1. The van der Waals surface area contributed by atoms with Gasteiger partial charge in [0.15, 0.2) is 0 Å². The molecule has 0 fully saturated rings. The Morgan fingerprint density at radius 3 is 2.65 bits per heavy atom. The zero-order valence-corrected chi connectivity index (χ0v) is 9.79. The van der Waals surface area contributed by atoms with Gasteiger partial charge in [0, 0.05) is 0 Å². The molecule has 2 N–H and O–H groups in total. The highest BCUT2D eigenvalue weighted by Gasteiger charge is 2.19. The van der Waals surface area contributed by atoms with E-state index in [0.29, 0.717) is 0 Å². The summed E-state index contributed by atoms with van der Waals surface area (Å²) >= 11 is 5.68. The summed E-state index contributed by atoms with van der Waals surface area (Å²) in [7, 11) is 0. The van der Waals surface area contributed by atoms with E-state index in [0.717, 1.165) is 12.1 Å². The van der Waals surface area contributed by atoms with Gasteiger partial charge in [0.05, 0.1) is 10.6 Å². The number of amides is 1. The van der Waals surface area contributed by atoms with E-state index in [9.17, 15) is 14.0 Å². The minimum Gasteiger partial charge on any atom is -0.480 e. The molecular weight excluding hydrogens is 249 g/mol. The largest absolute Gasteiger partial charge is 0.480 e. The van der Waals surface area contributed by atoms with Crippen molar-refractivity contribution in [1.82, 2.24) is 5.32 Å². The van der Waals surface area contributed by atoms with Crippen LogP contribution in [0.3, 0.4) is 0 Å². The summed E-state index contributed by atoms with van der Waals surface area (Å²) in [4.78, 5) is 22.4. The Morgan fingerprint density at radius 1 is 1.53 bits per heavy atom. The molecule has 4 nitrogen and oxygen atoms in total. The summed E-state index contributed by atoms with van der Waals surface area (Å²) < 4.78 is 12.8. The van der Waals surface area contributed by atoms with Gasteiger partial charge in [-0.15, -0.1) is 0 Å². The highest BCUT2D eigenvalue weighted by Crippen LogP contribution is 2.17. The Labute approximate surface area is 102 Å². The van der Waals surface area contributed by atoms with Gasteiger partial charge in [-0.1, -0.05) is 18.5 Å². The van der Waals surface area contributed by atoms with Crippen LogP contribution in [0.5, 0.6) is 0 Å². The Morgan fingerprint density at radius 2 is 2.18 bits per heavy atom. The highest BCUT2D eigenvalue weighted by molar-refractivity contribution is 6.33. The molecule has 0 spiro atoms. The van der Waals surface area contributed by atoms with Crippen LogP contribution in [0, 0.1) is 5.82 Å². The molecule has 0 bridgehead atoms. The molecule has 1 unspecified atom stereocenters. The second kappa shape index (κ2) is 5.63. The first-order valence-corrected chi connectivity index (χ1v) is 5.32. The average Bonchev–Trinajstić information content (AvgIpc) is 2.24. The van der Waals surface area contributed by atoms with Crippen molar-refractivity contribution in [2.45, 2.75) is 19.4 Å². The maximum atomic E-state index is 12.8. The molecule has 0 aliphatic heterocycles. The van der Waals surface area contributed by atoms with Gasteiger partial charge < -0.3 is 10.4 Å². The van der Waals surface area contributed by atoms with Gasteiger partial charge in [0.2, 0.25) is 0 Å². The van der Waals surface area contributed by atoms with E-state index in [1.165, 1.54) is 6.07 Å².